The van der Waals surface area contributed by atoms with Gasteiger partial charge in [0.25, 0.3) is 11.6 Å². The van der Waals surface area contributed by atoms with Crippen molar-refractivity contribution in [2.45, 2.75) is 4.90 Å². The van der Waals surface area contributed by atoms with E-state index in [1.807, 2.05) is 0 Å². The van der Waals surface area contributed by atoms with E-state index in [1.165, 1.54) is 30.5 Å². The van der Waals surface area contributed by atoms with E-state index in [2.05, 4.69) is 4.36 Å². The third-order valence-electron chi connectivity index (χ3n) is 2.76. The summed E-state index contributed by atoms with van der Waals surface area (Å²) in [7, 11) is -2.84. The fourth-order valence-corrected chi connectivity index (χ4v) is 2.85. The third-order valence-corrected chi connectivity index (χ3v) is 4.42. The lowest BCUT2D eigenvalue weighted by atomic mass is 10.2. The maximum atomic E-state index is 12.5. The van der Waals surface area contributed by atoms with Gasteiger partial charge in [0, 0.05) is 28.8 Å². The van der Waals surface area contributed by atoms with Gasteiger partial charge in [-0.05, 0) is 24.3 Å². The van der Waals surface area contributed by atoms with E-state index in [4.69, 9.17) is 0 Å². The van der Waals surface area contributed by atoms with Crippen molar-refractivity contribution in [2.24, 2.45) is 4.36 Å². The molecule has 2 aromatic carbocycles. The molecule has 0 aliphatic carbocycles. The Kier molecular flexibility index (Phi) is 4.13. The first-order valence-electron chi connectivity index (χ1n) is 5.96. The summed E-state index contributed by atoms with van der Waals surface area (Å²) in [6, 6.07) is 13.5. The largest absolute Gasteiger partial charge is 0.285 e. The molecule has 0 aliphatic rings. The second kappa shape index (κ2) is 5.84. The maximum Gasteiger partial charge on any atom is 0.285 e. The molecule has 6 nitrogen and oxygen atoms in total. The lowest BCUT2D eigenvalue weighted by Gasteiger charge is -2.03. The van der Waals surface area contributed by atoms with Gasteiger partial charge in [-0.25, -0.2) is 4.21 Å². The standard InChI is InChI=1S/C14H12N2O4S/c1-21(20,13-5-3-2-4-6-13)15-14(17)11-7-9-12(10-8-11)16(18)19/h2-10H,1H3. The van der Waals surface area contributed by atoms with Crippen molar-refractivity contribution in [1.82, 2.24) is 0 Å². The summed E-state index contributed by atoms with van der Waals surface area (Å²) >= 11 is 0. The van der Waals surface area contributed by atoms with Gasteiger partial charge in [0.05, 0.1) is 14.7 Å². The van der Waals surface area contributed by atoms with E-state index < -0.39 is 20.6 Å². The number of carbonyl (C=O) groups excluding carboxylic acids is 1. The first-order chi connectivity index (χ1) is 9.90. The number of hydrogen-bond donors (Lipinski definition) is 0. The molecule has 0 bridgehead atoms. The molecule has 0 heterocycles. The summed E-state index contributed by atoms with van der Waals surface area (Å²) in [5.74, 6) is -0.666. The van der Waals surface area contributed by atoms with Crippen LogP contribution in [0.2, 0.25) is 0 Å². The van der Waals surface area contributed by atoms with Gasteiger partial charge in [-0.3, -0.25) is 14.9 Å². The highest BCUT2D eigenvalue weighted by molar-refractivity contribution is 7.93. The molecule has 0 aliphatic heterocycles. The van der Waals surface area contributed by atoms with E-state index >= 15 is 0 Å². The van der Waals surface area contributed by atoms with Gasteiger partial charge in [-0.2, -0.15) is 4.36 Å². The monoisotopic (exact) mass is 304 g/mol. The van der Waals surface area contributed by atoms with Crippen LogP contribution < -0.4 is 0 Å². The fourth-order valence-electron chi connectivity index (χ4n) is 1.66. The van der Waals surface area contributed by atoms with Crippen molar-refractivity contribution in [3.05, 3.63) is 70.3 Å². The van der Waals surface area contributed by atoms with Gasteiger partial charge in [-0.15, -0.1) is 0 Å². The highest BCUT2D eigenvalue weighted by Crippen LogP contribution is 2.15. The molecule has 21 heavy (non-hydrogen) atoms. The van der Waals surface area contributed by atoms with Crippen LogP contribution >= 0.6 is 0 Å². The molecular weight excluding hydrogens is 292 g/mol. The van der Waals surface area contributed by atoms with Gasteiger partial charge < -0.3 is 0 Å². The average molecular weight is 304 g/mol. The quantitative estimate of drug-likeness (QED) is 0.644. The first kappa shape index (κ1) is 14.9. The summed E-state index contributed by atoms with van der Waals surface area (Å²) in [6.45, 7) is 0. The van der Waals surface area contributed by atoms with Crippen LogP contribution in [0.25, 0.3) is 0 Å². The normalized spacial score (nSPS) is 13.2. The summed E-state index contributed by atoms with van der Waals surface area (Å²) in [6.07, 6.45) is 1.38. The van der Waals surface area contributed by atoms with Crippen LogP contribution in [0, 0.1) is 10.1 Å². The summed E-state index contributed by atoms with van der Waals surface area (Å²) in [5.41, 5.74) is 0.0398. The second-order valence-corrected chi connectivity index (χ2v) is 6.58. The summed E-state index contributed by atoms with van der Waals surface area (Å²) < 4.78 is 16.2. The van der Waals surface area contributed by atoms with E-state index in [9.17, 15) is 19.1 Å². The van der Waals surface area contributed by atoms with Gasteiger partial charge in [0.2, 0.25) is 0 Å². The average Bonchev–Trinajstić information content (AvgIpc) is 2.48. The fraction of sp³-hybridized carbons (Fsp3) is 0.0714. The third kappa shape index (κ3) is 3.51. The van der Waals surface area contributed by atoms with Crippen molar-refractivity contribution < 1.29 is 13.9 Å². The minimum absolute atomic E-state index is 0.119. The van der Waals surface area contributed by atoms with Crippen molar-refractivity contribution in [2.75, 3.05) is 6.26 Å². The zero-order valence-electron chi connectivity index (χ0n) is 11.1. The molecule has 0 saturated carbocycles. The van der Waals surface area contributed by atoms with Gasteiger partial charge in [-0.1, -0.05) is 18.2 Å². The van der Waals surface area contributed by atoms with Crippen molar-refractivity contribution in [3.8, 4) is 0 Å². The van der Waals surface area contributed by atoms with Gasteiger partial charge in [0.15, 0.2) is 0 Å². The molecule has 108 valence electrons. The number of benzene rings is 2. The predicted molar refractivity (Wildman–Crippen MR) is 78.6 cm³/mol. The van der Waals surface area contributed by atoms with E-state index in [0.29, 0.717) is 4.90 Å². The van der Waals surface area contributed by atoms with Gasteiger partial charge >= 0.3 is 0 Å². The Bertz CT molecular complexity index is 791. The Hall–Kier alpha value is -2.54. The maximum absolute atomic E-state index is 12.5. The summed E-state index contributed by atoms with van der Waals surface area (Å²) in [5, 5.41) is 10.5. The number of carbonyl (C=O) groups is 1. The first-order valence-corrected chi connectivity index (χ1v) is 7.88. The number of nitro groups is 1. The smallest absolute Gasteiger partial charge is 0.266 e. The number of amides is 1. The van der Waals surface area contributed by atoms with E-state index in [1.54, 1.807) is 30.3 Å². The Morgan fingerprint density at radius 1 is 1.10 bits per heavy atom. The molecular formula is C14H12N2O4S. The highest BCUT2D eigenvalue weighted by atomic mass is 32.2. The SMILES string of the molecule is CS(=O)(=NC(=O)c1ccc([N+](=O)[O-])cc1)c1ccccc1. The van der Waals surface area contributed by atoms with Crippen LogP contribution in [-0.4, -0.2) is 21.3 Å². The number of nitrogens with zero attached hydrogens (tertiary/aromatic N) is 2. The van der Waals surface area contributed by atoms with Crippen LogP contribution in [0.4, 0.5) is 5.69 Å². The van der Waals surface area contributed by atoms with Crippen LogP contribution in [0.3, 0.4) is 0 Å². The minimum atomic E-state index is -2.84. The zero-order chi connectivity index (χ0) is 15.5. The van der Waals surface area contributed by atoms with Crippen LogP contribution in [0.15, 0.2) is 63.9 Å². The molecule has 2 aromatic rings. The molecule has 0 saturated heterocycles. The molecule has 1 unspecified atom stereocenters. The van der Waals surface area contributed by atoms with E-state index in [0.717, 1.165) is 0 Å². The Labute approximate surface area is 121 Å². The number of nitro benzene ring substituents is 1. The topological polar surface area (TPSA) is 89.6 Å². The molecule has 2 rings (SSSR count). The van der Waals surface area contributed by atoms with Crippen molar-refractivity contribution in [1.29, 1.82) is 0 Å². The highest BCUT2D eigenvalue weighted by Gasteiger charge is 2.12. The Morgan fingerprint density at radius 3 is 2.19 bits per heavy atom. The Balaban J connectivity index is 2.34. The molecule has 7 heteroatoms. The minimum Gasteiger partial charge on any atom is -0.266 e. The number of hydrogen-bond acceptors (Lipinski definition) is 4. The van der Waals surface area contributed by atoms with Gasteiger partial charge in [0.1, 0.15) is 0 Å². The Morgan fingerprint density at radius 2 is 1.67 bits per heavy atom. The molecule has 0 radical (unpaired) electrons. The van der Waals surface area contributed by atoms with Crippen molar-refractivity contribution >= 4 is 21.3 Å². The molecule has 0 aromatic heterocycles. The molecule has 1 amide bonds. The van der Waals surface area contributed by atoms with Crippen LogP contribution in [-0.2, 0) is 9.73 Å². The molecule has 0 fully saturated rings. The number of rotatable bonds is 3. The van der Waals surface area contributed by atoms with Crippen LogP contribution in [0.5, 0.6) is 0 Å². The van der Waals surface area contributed by atoms with Crippen LogP contribution in [0.1, 0.15) is 10.4 Å². The van der Waals surface area contributed by atoms with Crippen molar-refractivity contribution in [3.63, 3.8) is 0 Å². The lowest BCUT2D eigenvalue weighted by Crippen LogP contribution is -2.03. The predicted octanol–water partition coefficient (Wildman–Crippen LogP) is 2.89. The lowest BCUT2D eigenvalue weighted by molar-refractivity contribution is -0.384. The molecule has 0 spiro atoms. The number of non-ortho nitro benzene ring substituents is 1. The second-order valence-electron chi connectivity index (χ2n) is 4.32. The summed E-state index contributed by atoms with van der Waals surface area (Å²) in [4.78, 5) is 22.4. The molecule has 0 N–H and O–H groups in total. The van der Waals surface area contributed by atoms with E-state index in [-0.39, 0.29) is 11.3 Å². The molecule has 1 atom stereocenters. The zero-order valence-corrected chi connectivity index (χ0v) is 11.9.